The largest absolute Gasteiger partial charge is 0.481 e. The number of carboxylic acid groups (broad SMARTS) is 1. The van der Waals surface area contributed by atoms with Crippen molar-refractivity contribution in [3.8, 4) is 21.1 Å². The summed E-state index contributed by atoms with van der Waals surface area (Å²) in [5, 5.41) is 9.48. The van der Waals surface area contributed by atoms with Gasteiger partial charge >= 0.3 is 12.1 Å². The molecular weight excluding hydrogens is 624 g/mol. The Labute approximate surface area is 249 Å². The monoisotopic (exact) mass is 650 g/mol. The molecule has 0 aliphatic heterocycles. The molecule has 1 fully saturated rings. The normalized spacial score (nSPS) is 15.5. The zero-order valence-electron chi connectivity index (χ0n) is 22.2. The van der Waals surface area contributed by atoms with Gasteiger partial charge in [-0.25, -0.2) is 23.4 Å². The van der Waals surface area contributed by atoms with E-state index in [1.54, 1.807) is 24.6 Å². The predicted molar refractivity (Wildman–Crippen MR) is 151 cm³/mol. The van der Waals surface area contributed by atoms with Gasteiger partial charge < -0.3 is 5.11 Å². The molecule has 4 rings (SSSR count). The minimum atomic E-state index is -4.79. The van der Waals surface area contributed by atoms with Crippen LogP contribution in [0.5, 0.6) is 0 Å². The molecule has 1 atom stereocenters. The number of carbonyl (C=O) groups is 1. The van der Waals surface area contributed by atoms with Crippen LogP contribution in [0.25, 0.3) is 21.1 Å². The van der Waals surface area contributed by atoms with Crippen LogP contribution in [0.15, 0.2) is 29.4 Å². The quantitative estimate of drug-likeness (QED) is 0.247. The molecule has 0 bridgehead atoms. The van der Waals surface area contributed by atoms with Crippen molar-refractivity contribution >= 4 is 50.5 Å². The first-order valence-corrected chi connectivity index (χ1v) is 15.7. The van der Waals surface area contributed by atoms with Crippen molar-refractivity contribution in [3.63, 3.8) is 0 Å². The number of alkyl halides is 3. The van der Waals surface area contributed by atoms with Crippen LogP contribution in [0, 0.1) is 11.3 Å². The van der Waals surface area contributed by atoms with Crippen LogP contribution in [0.4, 0.5) is 13.2 Å². The van der Waals surface area contributed by atoms with Crippen LogP contribution < -0.4 is 4.72 Å². The Kier molecular flexibility index (Phi) is 9.06. The summed E-state index contributed by atoms with van der Waals surface area (Å²) in [6.07, 6.45) is 0.522. The van der Waals surface area contributed by atoms with Gasteiger partial charge in [-0.3, -0.25) is 4.79 Å². The molecule has 222 valence electrons. The number of carboxylic acids is 1. The predicted octanol–water partition coefficient (Wildman–Crippen LogP) is 6.80. The van der Waals surface area contributed by atoms with Crippen LogP contribution in [0.1, 0.15) is 51.4 Å². The number of aliphatic carboxylic acids is 1. The van der Waals surface area contributed by atoms with Crippen molar-refractivity contribution in [2.45, 2.75) is 70.0 Å². The minimum absolute atomic E-state index is 0.133. The van der Waals surface area contributed by atoms with Gasteiger partial charge in [0.05, 0.1) is 26.0 Å². The summed E-state index contributed by atoms with van der Waals surface area (Å²) in [4.78, 5) is 25.0. The third-order valence-corrected chi connectivity index (χ3v) is 10.7. The van der Waals surface area contributed by atoms with Gasteiger partial charge in [-0.15, -0.1) is 11.3 Å². The van der Waals surface area contributed by atoms with Gasteiger partial charge in [0.1, 0.15) is 28.0 Å². The van der Waals surface area contributed by atoms with E-state index in [0.29, 0.717) is 51.8 Å². The average Bonchev–Trinajstić information content (AvgIpc) is 3.25. The summed E-state index contributed by atoms with van der Waals surface area (Å²) in [5.74, 6) is -0.556. The molecule has 15 heteroatoms. The van der Waals surface area contributed by atoms with Crippen molar-refractivity contribution in [2.24, 2.45) is 11.3 Å². The van der Waals surface area contributed by atoms with Crippen LogP contribution in [0.2, 0.25) is 10.0 Å². The van der Waals surface area contributed by atoms with Gasteiger partial charge in [0.15, 0.2) is 0 Å². The fraction of sp³-hybridized carbons (Fsp3) is 0.462. The van der Waals surface area contributed by atoms with Gasteiger partial charge in [-0.05, 0) is 45.2 Å². The molecule has 2 heterocycles. The first-order valence-electron chi connectivity index (χ1n) is 12.6. The maximum absolute atomic E-state index is 13.0. The standard InChI is InChI=1S/C26H27Cl2F3N4O4S2/c1-13(26(29,30)31)35-41(38,39)19-8-7-16(20(27)21(19)28)22-17(9-14-5-4-6-14)34-23(40-22)18-10-15(32-12-33-18)11-25(2,3)24(36)37/h7-8,10,12-14,35H,4-6,9,11H2,1-3H3,(H,36,37). The number of aromatic nitrogens is 3. The van der Waals surface area contributed by atoms with E-state index >= 15 is 0 Å². The molecular formula is C26H27Cl2F3N4O4S2. The lowest BCUT2D eigenvalue weighted by molar-refractivity contribution is -0.147. The summed E-state index contributed by atoms with van der Waals surface area (Å²) < 4.78 is 66.0. The maximum Gasteiger partial charge on any atom is 0.404 e. The van der Waals surface area contributed by atoms with Gasteiger partial charge in [0.25, 0.3) is 0 Å². The van der Waals surface area contributed by atoms with Gasteiger partial charge in [-0.2, -0.15) is 17.9 Å². The van der Waals surface area contributed by atoms with E-state index in [1.165, 1.54) is 23.7 Å². The second kappa shape index (κ2) is 11.8. The molecule has 2 aromatic heterocycles. The van der Waals surface area contributed by atoms with E-state index < -0.39 is 43.5 Å². The number of thiazole rings is 1. The minimum Gasteiger partial charge on any atom is -0.481 e. The molecule has 0 saturated heterocycles. The number of nitrogens with zero attached hydrogens (tertiary/aromatic N) is 3. The molecule has 41 heavy (non-hydrogen) atoms. The number of rotatable bonds is 10. The summed E-state index contributed by atoms with van der Waals surface area (Å²) >= 11 is 14.1. The maximum atomic E-state index is 13.0. The van der Waals surface area contributed by atoms with Crippen LogP contribution in [-0.4, -0.2) is 46.7 Å². The summed E-state index contributed by atoms with van der Waals surface area (Å²) in [7, 11) is -4.64. The molecule has 0 spiro atoms. The molecule has 0 radical (unpaired) electrons. The average molecular weight is 652 g/mol. The van der Waals surface area contributed by atoms with Crippen molar-refractivity contribution in [2.75, 3.05) is 0 Å². The highest BCUT2D eigenvalue weighted by atomic mass is 35.5. The second-order valence-corrected chi connectivity index (χ2v) is 14.1. The lowest BCUT2D eigenvalue weighted by atomic mass is 9.82. The zero-order chi connectivity index (χ0) is 30.3. The smallest absolute Gasteiger partial charge is 0.404 e. The lowest BCUT2D eigenvalue weighted by Gasteiger charge is -2.24. The number of sulfonamides is 1. The van der Waals surface area contributed by atoms with Crippen LogP contribution in [-0.2, 0) is 27.7 Å². The van der Waals surface area contributed by atoms with E-state index in [4.69, 9.17) is 28.2 Å². The Morgan fingerprint density at radius 2 is 1.88 bits per heavy atom. The fourth-order valence-electron chi connectivity index (χ4n) is 4.20. The molecule has 1 saturated carbocycles. The molecule has 1 aromatic carbocycles. The Morgan fingerprint density at radius 1 is 1.20 bits per heavy atom. The SMILES string of the molecule is CC(NS(=O)(=O)c1ccc(-c2sc(-c3cc(CC(C)(C)C(=O)O)ncn3)nc2CC2CCC2)c(Cl)c1Cl)C(F)(F)F. The first kappa shape index (κ1) is 31.6. The number of benzene rings is 1. The molecule has 1 aliphatic rings. The Hall–Kier alpha value is -2.32. The van der Waals surface area contributed by atoms with Crippen molar-refractivity contribution in [3.05, 3.63) is 46.0 Å². The molecule has 2 N–H and O–H groups in total. The van der Waals surface area contributed by atoms with Crippen molar-refractivity contribution in [1.29, 1.82) is 0 Å². The van der Waals surface area contributed by atoms with Crippen LogP contribution in [0.3, 0.4) is 0 Å². The van der Waals surface area contributed by atoms with E-state index in [2.05, 4.69) is 9.97 Å². The first-order chi connectivity index (χ1) is 19.0. The molecule has 1 aliphatic carbocycles. The van der Waals surface area contributed by atoms with E-state index in [9.17, 15) is 31.5 Å². The summed E-state index contributed by atoms with van der Waals surface area (Å²) in [5.41, 5.74) is 1.05. The third kappa shape index (κ3) is 7.02. The van der Waals surface area contributed by atoms with Crippen molar-refractivity contribution in [1.82, 2.24) is 19.7 Å². The van der Waals surface area contributed by atoms with E-state index in [-0.39, 0.29) is 11.4 Å². The zero-order valence-corrected chi connectivity index (χ0v) is 25.4. The topological polar surface area (TPSA) is 122 Å². The third-order valence-electron chi connectivity index (χ3n) is 6.95. The highest BCUT2D eigenvalue weighted by molar-refractivity contribution is 7.89. The molecule has 3 aromatic rings. The highest BCUT2D eigenvalue weighted by Crippen LogP contribution is 2.44. The van der Waals surface area contributed by atoms with E-state index in [0.717, 1.165) is 25.3 Å². The summed E-state index contributed by atoms with van der Waals surface area (Å²) in [6.45, 7) is 3.89. The highest BCUT2D eigenvalue weighted by Gasteiger charge is 2.39. The fourth-order valence-corrected chi connectivity index (χ4v) is 7.44. The number of halogens is 5. The van der Waals surface area contributed by atoms with Crippen LogP contribution >= 0.6 is 34.5 Å². The lowest BCUT2D eigenvalue weighted by Crippen LogP contribution is -2.43. The van der Waals surface area contributed by atoms with Crippen molar-refractivity contribution < 1.29 is 31.5 Å². The van der Waals surface area contributed by atoms with Gasteiger partial charge in [-0.1, -0.05) is 48.5 Å². The Balaban J connectivity index is 1.74. The molecule has 1 unspecified atom stereocenters. The van der Waals surface area contributed by atoms with E-state index in [1.807, 2.05) is 0 Å². The Bertz CT molecular complexity index is 1580. The van der Waals surface area contributed by atoms with Gasteiger partial charge in [0, 0.05) is 17.7 Å². The number of nitrogens with one attached hydrogen (secondary N) is 1. The van der Waals surface area contributed by atoms with Gasteiger partial charge in [0.2, 0.25) is 10.0 Å². The Morgan fingerprint density at radius 3 is 2.46 bits per heavy atom. The molecule has 0 amide bonds. The summed E-state index contributed by atoms with van der Waals surface area (Å²) in [6, 6.07) is 1.87. The number of hydrogen-bond acceptors (Lipinski definition) is 7. The second-order valence-electron chi connectivity index (χ2n) is 10.7. The molecule has 8 nitrogen and oxygen atoms in total. The number of hydrogen-bond donors (Lipinski definition) is 2.